The lowest BCUT2D eigenvalue weighted by molar-refractivity contribution is -0.143. The average Bonchev–Trinajstić information content (AvgIpc) is 2.27. The van der Waals surface area contributed by atoms with E-state index in [-0.39, 0.29) is 25.9 Å². The van der Waals surface area contributed by atoms with Gasteiger partial charge in [0.15, 0.2) is 0 Å². The standard InChI is InChI=1S/C11H16N2O5/c1-2-3-5-12-8(14)7-9(15)13(11(12)18)6-4-10(16)17/h2-7H2,1H3,(H,16,17). The number of barbiturate groups is 1. The topological polar surface area (TPSA) is 95.0 Å². The molecule has 100 valence electrons. The molecule has 0 saturated carbocycles. The number of hydrogen-bond acceptors (Lipinski definition) is 4. The number of carbonyl (C=O) groups is 4. The summed E-state index contributed by atoms with van der Waals surface area (Å²) in [7, 11) is 0. The predicted octanol–water partition coefficient (Wildman–Crippen LogP) is 0.442. The van der Waals surface area contributed by atoms with Gasteiger partial charge in [-0.3, -0.25) is 24.2 Å². The molecule has 7 nitrogen and oxygen atoms in total. The molecule has 0 aromatic carbocycles. The molecule has 0 spiro atoms. The van der Waals surface area contributed by atoms with Gasteiger partial charge in [-0.15, -0.1) is 0 Å². The Hall–Kier alpha value is -1.92. The van der Waals surface area contributed by atoms with Crippen LogP contribution in [0.5, 0.6) is 0 Å². The molecule has 1 aliphatic rings. The van der Waals surface area contributed by atoms with Crippen LogP contribution in [0.25, 0.3) is 0 Å². The Morgan fingerprint density at radius 3 is 2.22 bits per heavy atom. The molecular weight excluding hydrogens is 240 g/mol. The van der Waals surface area contributed by atoms with Gasteiger partial charge in [0.1, 0.15) is 6.42 Å². The largest absolute Gasteiger partial charge is 0.481 e. The Kier molecular flexibility index (Phi) is 4.82. The summed E-state index contributed by atoms with van der Waals surface area (Å²) in [6.45, 7) is 2.00. The monoisotopic (exact) mass is 256 g/mol. The highest BCUT2D eigenvalue weighted by atomic mass is 16.4. The maximum absolute atomic E-state index is 11.9. The van der Waals surface area contributed by atoms with Crippen molar-refractivity contribution >= 4 is 23.8 Å². The maximum atomic E-state index is 11.9. The van der Waals surface area contributed by atoms with E-state index in [2.05, 4.69) is 0 Å². The number of carboxylic acids is 1. The second-order valence-electron chi connectivity index (χ2n) is 4.05. The van der Waals surface area contributed by atoms with Crippen LogP contribution in [0.1, 0.15) is 32.6 Å². The summed E-state index contributed by atoms with van der Waals surface area (Å²) in [5.41, 5.74) is 0. The summed E-state index contributed by atoms with van der Waals surface area (Å²) in [5, 5.41) is 8.55. The predicted molar refractivity (Wildman–Crippen MR) is 60.6 cm³/mol. The van der Waals surface area contributed by atoms with Crippen LogP contribution in [0.15, 0.2) is 0 Å². The lowest BCUT2D eigenvalue weighted by atomic mass is 10.2. The smallest absolute Gasteiger partial charge is 0.333 e. The number of urea groups is 1. The van der Waals surface area contributed by atoms with E-state index >= 15 is 0 Å². The summed E-state index contributed by atoms with van der Waals surface area (Å²) in [6, 6.07) is -0.703. The van der Waals surface area contributed by atoms with Crippen LogP contribution in [-0.4, -0.2) is 51.8 Å². The number of carbonyl (C=O) groups excluding carboxylic acids is 3. The summed E-state index contributed by atoms with van der Waals surface area (Å²) in [5.74, 6) is -2.23. The fourth-order valence-corrected chi connectivity index (χ4v) is 1.64. The van der Waals surface area contributed by atoms with Crippen molar-refractivity contribution < 1.29 is 24.3 Å². The Labute approximate surface area is 104 Å². The Balaban J connectivity index is 2.71. The molecule has 0 aromatic rings. The zero-order valence-corrected chi connectivity index (χ0v) is 10.2. The average molecular weight is 256 g/mol. The first kappa shape index (κ1) is 14.1. The van der Waals surface area contributed by atoms with Crippen LogP contribution in [0, 0.1) is 0 Å². The minimum atomic E-state index is -1.09. The molecule has 0 atom stereocenters. The summed E-state index contributed by atoms with van der Waals surface area (Å²) in [4.78, 5) is 47.2. The number of aliphatic carboxylic acids is 1. The van der Waals surface area contributed by atoms with Crippen LogP contribution in [-0.2, 0) is 14.4 Å². The molecule has 0 aromatic heterocycles. The molecule has 4 amide bonds. The van der Waals surface area contributed by atoms with E-state index in [0.29, 0.717) is 6.42 Å². The first-order valence-electron chi connectivity index (χ1n) is 5.83. The number of carboxylic acid groups (broad SMARTS) is 1. The minimum Gasteiger partial charge on any atom is -0.481 e. The number of nitrogens with zero attached hydrogens (tertiary/aromatic N) is 2. The van der Waals surface area contributed by atoms with Gasteiger partial charge in [-0.2, -0.15) is 0 Å². The Morgan fingerprint density at radius 2 is 1.72 bits per heavy atom. The van der Waals surface area contributed by atoms with Crippen molar-refractivity contribution in [2.75, 3.05) is 13.1 Å². The van der Waals surface area contributed by atoms with E-state index < -0.39 is 23.8 Å². The van der Waals surface area contributed by atoms with Crippen LogP contribution in [0.3, 0.4) is 0 Å². The molecular formula is C11H16N2O5. The van der Waals surface area contributed by atoms with Crippen LogP contribution in [0.4, 0.5) is 4.79 Å². The molecule has 0 unspecified atom stereocenters. The first-order valence-corrected chi connectivity index (χ1v) is 5.83. The van der Waals surface area contributed by atoms with Crippen molar-refractivity contribution in [3.8, 4) is 0 Å². The highest BCUT2D eigenvalue weighted by molar-refractivity contribution is 6.14. The third kappa shape index (κ3) is 3.28. The molecule has 1 N–H and O–H groups in total. The Bertz CT molecular complexity index is 380. The molecule has 1 rings (SSSR count). The van der Waals surface area contributed by atoms with E-state index in [1.807, 2.05) is 6.92 Å². The van der Waals surface area contributed by atoms with Gasteiger partial charge in [0.2, 0.25) is 11.8 Å². The lowest BCUT2D eigenvalue weighted by Gasteiger charge is -2.32. The fourth-order valence-electron chi connectivity index (χ4n) is 1.64. The first-order chi connectivity index (χ1) is 8.47. The maximum Gasteiger partial charge on any atom is 0.333 e. The molecule has 0 bridgehead atoms. The van der Waals surface area contributed by atoms with E-state index in [1.54, 1.807) is 0 Å². The zero-order chi connectivity index (χ0) is 13.7. The zero-order valence-electron chi connectivity index (χ0n) is 10.2. The van der Waals surface area contributed by atoms with E-state index in [4.69, 9.17) is 5.11 Å². The summed E-state index contributed by atoms with van der Waals surface area (Å²) in [6.07, 6.45) is 0.806. The third-order valence-electron chi connectivity index (χ3n) is 2.65. The molecule has 0 aliphatic carbocycles. The minimum absolute atomic E-state index is 0.192. The summed E-state index contributed by atoms with van der Waals surface area (Å²) < 4.78 is 0. The fraction of sp³-hybridized carbons (Fsp3) is 0.636. The van der Waals surface area contributed by atoms with E-state index in [0.717, 1.165) is 16.2 Å². The molecule has 1 heterocycles. The second-order valence-corrected chi connectivity index (χ2v) is 4.05. The molecule has 18 heavy (non-hydrogen) atoms. The number of amides is 4. The van der Waals surface area contributed by atoms with Crippen LogP contribution in [0.2, 0.25) is 0 Å². The second kappa shape index (κ2) is 6.13. The Morgan fingerprint density at radius 1 is 1.17 bits per heavy atom. The van der Waals surface area contributed by atoms with Gasteiger partial charge in [-0.05, 0) is 6.42 Å². The van der Waals surface area contributed by atoms with E-state index in [1.165, 1.54) is 0 Å². The number of unbranched alkanes of at least 4 members (excludes halogenated alkanes) is 1. The van der Waals surface area contributed by atoms with Gasteiger partial charge < -0.3 is 5.11 Å². The van der Waals surface area contributed by atoms with Gasteiger partial charge >= 0.3 is 12.0 Å². The van der Waals surface area contributed by atoms with Crippen LogP contribution >= 0.6 is 0 Å². The van der Waals surface area contributed by atoms with Crippen molar-refractivity contribution in [2.45, 2.75) is 32.6 Å². The number of hydrogen-bond donors (Lipinski definition) is 1. The molecule has 1 fully saturated rings. The van der Waals surface area contributed by atoms with Gasteiger partial charge in [0.05, 0.1) is 6.42 Å². The van der Waals surface area contributed by atoms with Gasteiger partial charge in [0.25, 0.3) is 0 Å². The quantitative estimate of drug-likeness (QED) is 0.696. The number of rotatable bonds is 6. The van der Waals surface area contributed by atoms with E-state index in [9.17, 15) is 19.2 Å². The van der Waals surface area contributed by atoms with Gasteiger partial charge in [-0.1, -0.05) is 13.3 Å². The summed E-state index contributed by atoms with van der Waals surface area (Å²) >= 11 is 0. The van der Waals surface area contributed by atoms with Gasteiger partial charge in [0, 0.05) is 13.1 Å². The molecule has 1 saturated heterocycles. The van der Waals surface area contributed by atoms with Crippen molar-refractivity contribution in [3.63, 3.8) is 0 Å². The highest BCUT2D eigenvalue weighted by Gasteiger charge is 2.37. The van der Waals surface area contributed by atoms with Crippen molar-refractivity contribution in [1.29, 1.82) is 0 Å². The van der Waals surface area contributed by atoms with Crippen molar-refractivity contribution in [1.82, 2.24) is 9.80 Å². The SMILES string of the molecule is CCCCN1C(=O)CC(=O)N(CCC(=O)O)C1=O. The molecule has 7 heteroatoms. The third-order valence-corrected chi connectivity index (χ3v) is 2.65. The number of imide groups is 2. The van der Waals surface area contributed by atoms with Crippen LogP contribution < -0.4 is 0 Å². The van der Waals surface area contributed by atoms with Crippen molar-refractivity contribution in [2.24, 2.45) is 0 Å². The van der Waals surface area contributed by atoms with Crippen molar-refractivity contribution in [3.05, 3.63) is 0 Å². The molecule has 0 radical (unpaired) electrons. The normalized spacial score (nSPS) is 16.4. The molecule has 1 aliphatic heterocycles. The van der Waals surface area contributed by atoms with Gasteiger partial charge in [-0.25, -0.2) is 4.79 Å². The highest BCUT2D eigenvalue weighted by Crippen LogP contribution is 2.13. The lowest BCUT2D eigenvalue weighted by Crippen LogP contribution is -2.55.